The highest BCUT2D eigenvalue weighted by molar-refractivity contribution is 6.02. The van der Waals surface area contributed by atoms with Gasteiger partial charge in [0.05, 0.1) is 25.5 Å². The van der Waals surface area contributed by atoms with Gasteiger partial charge in [-0.2, -0.15) is 0 Å². The van der Waals surface area contributed by atoms with Gasteiger partial charge in [-0.25, -0.2) is 15.0 Å². The van der Waals surface area contributed by atoms with Crippen LogP contribution in [0.3, 0.4) is 0 Å². The molecule has 5 rings (SSSR count). The number of aliphatic hydroxyl groups is 1. The van der Waals surface area contributed by atoms with Gasteiger partial charge in [0, 0.05) is 19.9 Å². The molecule has 0 unspecified atom stereocenters. The molecule has 2 aliphatic rings. The molecule has 4 heterocycles. The van der Waals surface area contributed by atoms with Crippen LogP contribution in [0.1, 0.15) is 39.9 Å². The molecule has 34 heavy (non-hydrogen) atoms. The summed E-state index contributed by atoms with van der Waals surface area (Å²) in [6.45, 7) is 4.37. The van der Waals surface area contributed by atoms with Crippen LogP contribution < -0.4 is 5.32 Å². The normalized spacial score (nSPS) is 22.4. The van der Waals surface area contributed by atoms with Gasteiger partial charge in [-0.15, -0.1) is 0 Å². The van der Waals surface area contributed by atoms with Crippen molar-refractivity contribution in [3.05, 3.63) is 52.9 Å². The van der Waals surface area contributed by atoms with Gasteiger partial charge in [-0.05, 0) is 30.7 Å². The second-order valence-electron chi connectivity index (χ2n) is 8.30. The molecular weight excluding hydrogens is 442 g/mol. The van der Waals surface area contributed by atoms with E-state index in [4.69, 9.17) is 23.8 Å². The molecule has 1 saturated heterocycles. The van der Waals surface area contributed by atoms with E-state index in [0.29, 0.717) is 54.9 Å². The van der Waals surface area contributed by atoms with Crippen LogP contribution in [0.25, 0.3) is 11.1 Å². The molecule has 0 bridgehead atoms. The number of hydrogen-bond donors (Lipinski definition) is 2. The van der Waals surface area contributed by atoms with Gasteiger partial charge >= 0.3 is 0 Å². The Morgan fingerprint density at radius 2 is 2.00 bits per heavy atom. The minimum atomic E-state index is -0.322. The maximum absolute atomic E-state index is 12.8. The molecule has 0 saturated carbocycles. The highest BCUT2D eigenvalue weighted by Crippen LogP contribution is 2.23. The number of amides is 1. The van der Waals surface area contributed by atoms with Crippen LogP contribution in [0.5, 0.6) is 0 Å². The van der Waals surface area contributed by atoms with Crippen molar-refractivity contribution in [2.45, 2.75) is 45.1 Å². The predicted octanol–water partition coefficient (Wildman–Crippen LogP) is 1.43. The topological polar surface area (TPSA) is 141 Å². The first-order chi connectivity index (χ1) is 16.5. The van der Waals surface area contributed by atoms with Crippen molar-refractivity contribution in [2.24, 2.45) is 5.16 Å². The molecule has 2 N–H and O–H groups in total. The van der Waals surface area contributed by atoms with Gasteiger partial charge in [0.15, 0.2) is 17.6 Å². The molecule has 0 spiro atoms. The molecule has 2 aromatic heterocycles. The number of fused-ring (bicyclic) bond motifs is 1. The van der Waals surface area contributed by atoms with Crippen LogP contribution >= 0.6 is 0 Å². The minimum absolute atomic E-state index is 0.0838. The first-order valence-corrected chi connectivity index (χ1v) is 11.1. The third-order valence-corrected chi connectivity index (χ3v) is 5.68. The van der Waals surface area contributed by atoms with Crippen LogP contribution in [0.2, 0.25) is 0 Å². The fraction of sp³-hybridized carbons (Fsp3) is 0.435. The van der Waals surface area contributed by atoms with Gasteiger partial charge < -0.3 is 29.2 Å². The highest BCUT2D eigenvalue weighted by atomic mass is 16.7. The third-order valence-electron chi connectivity index (χ3n) is 5.68. The summed E-state index contributed by atoms with van der Waals surface area (Å²) < 4.78 is 16.8. The number of hydrogen-bond acceptors (Lipinski definition) is 10. The van der Waals surface area contributed by atoms with Crippen LogP contribution in [-0.2, 0) is 20.9 Å². The summed E-state index contributed by atoms with van der Waals surface area (Å²) in [6, 6.07) is 7.21. The quantitative estimate of drug-likeness (QED) is 0.551. The molecule has 3 aromatic rings. The van der Waals surface area contributed by atoms with Gasteiger partial charge in [-0.1, -0.05) is 11.2 Å². The van der Waals surface area contributed by atoms with E-state index in [1.165, 1.54) is 0 Å². The van der Waals surface area contributed by atoms with E-state index in [1.54, 1.807) is 19.9 Å². The Balaban J connectivity index is 1.23. The Bertz CT molecular complexity index is 1230. The summed E-state index contributed by atoms with van der Waals surface area (Å²) in [6.07, 6.45) is -0.463. The molecule has 178 valence electrons. The van der Waals surface area contributed by atoms with E-state index in [0.717, 1.165) is 11.1 Å². The third kappa shape index (κ3) is 4.76. The SMILES string of the molecule is Cc1nc(C(=O)NCc2ccc3oc(C)nc3c2)cc(C2=NO[C@H]([C@H]3CO[C@H](CO)CO3)C2)n1. The van der Waals surface area contributed by atoms with E-state index in [9.17, 15) is 4.79 Å². The summed E-state index contributed by atoms with van der Waals surface area (Å²) in [5.41, 5.74) is 3.75. The Morgan fingerprint density at radius 3 is 2.79 bits per heavy atom. The van der Waals surface area contributed by atoms with Crippen molar-refractivity contribution < 1.29 is 28.6 Å². The maximum Gasteiger partial charge on any atom is 0.270 e. The number of benzene rings is 1. The molecular formula is C23H25N5O6. The maximum atomic E-state index is 12.8. The lowest BCUT2D eigenvalue weighted by Crippen LogP contribution is -2.43. The average Bonchev–Trinajstić information content (AvgIpc) is 3.48. The number of carbonyl (C=O) groups excluding carboxylic acids is 1. The van der Waals surface area contributed by atoms with Gasteiger partial charge in [0.1, 0.15) is 35.0 Å². The van der Waals surface area contributed by atoms with Crippen LogP contribution in [-0.4, -0.2) is 69.8 Å². The number of nitrogens with one attached hydrogen (secondary N) is 1. The summed E-state index contributed by atoms with van der Waals surface area (Å²) in [4.78, 5) is 31.4. The second-order valence-corrected chi connectivity index (χ2v) is 8.30. The molecule has 3 atom stereocenters. The van der Waals surface area contributed by atoms with E-state index < -0.39 is 0 Å². The predicted molar refractivity (Wildman–Crippen MR) is 119 cm³/mol. The summed E-state index contributed by atoms with van der Waals surface area (Å²) in [5.74, 6) is 0.729. The number of nitrogens with zero attached hydrogens (tertiary/aromatic N) is 4. The van der Waals surface area contributed by atoms with Crippen molar-refractivity contribution in [3.8, 4) is 0 Å². The molecule has 11 heteroatoms. The van der Waals surface area contributed by atoms with E-state index >= 15 is 0 Å². The molecule has 1 amide bonds. The van der Waals surface area contributed by atoms with Crippen LogP contribution in [0.15, 0.2) is 33.8 Å². The standard InChI is InChI=1S/C23H25N5O6/c1-12-25-16(17-7-21(34-28-17)22-11-31-15(9-29)10-32-22)6-19(26-12)23(30)24-8-14-3-4-20-18(5-14)27-13(2)33-20/h3-6,15,21-22,29H,7-11H2,1-2H3,(H,24,30)/t15-,21+,22-/m1/s1. The van der Waals surface area contributed by atoms with Crippen molar-refractivity contribution >= 4 is 22.7 Å². The largest absolute Gasteiger partial charge is 0.441 e. The molecule has 2 aliphatic heterocycles. The number of aryl methyl sites for hydroxylation is 2. The van der Waals surface area contributed by atoms with Crippen molar-refractivity contribution in [1.82, 2.24) is 20.3 Å². The minimum Gasteiger partial charge on any atom is -0.441 e. The van der Waals surface area contributed by atoms with Gasteiger partial charge in [-0.3, -0.25) is 4.79 Å². The number of rotatable bonds is 6. The zero-order valence-electron chi connectivity index (χ0n) is 18.9. The molecule has 11 nitrogen and oxygen atoms in total. The fourth-order valence-electron chi connectivity index (χ4n) is 3.93. The smallest absolute Gasteiger partial charge is 0.270 e. The van der Waals surface area contributed by atoms with E-state index in [1.807, 2.05) is 18.2 Å². The monoisotopic (exact) mass is 467 g/mol. The summed E-state index contributed by atoms with van der Waals surface area (Å²) in [7, 11) is 0. The number of aromatic nitrogens is 3. The van der Waals surface area contributed by atoms with Crippen molar-refractivity contribution in [1.29, 1.82) is 0 Å². The summed E-state index contributed by atoms with van der Waals surface area (Å²) >= 11 is 0. The Labute approximate surface area is 195 Å². The lowest BCUT2D eigenvalue weighted by molar-refractivity contribution is -0.178. The number of ether oxygens (including phenoxy) is 2. The van der Waals surface area contributed by atoms with Crippen LogP contribution in [0.4, 0.5) is 0 Å². The zero-order valence-corrected chi connectivity index (χ0v) is 18.9. The average molecular weight is 467 g/mol. The molecule has 1 aromatic carbocycles. The fourth-order valence-corrected chi connectivity index (χ4v) is 3.93. The molecule has 0 radical (unpaired) electrons. The first kappa shape index (κ1) is 22.4. The van der Waals surface area contributed by atoms with Crippen LogP contribution in [0, 0.1) is 13.8 Å². The second kappa shape index (κ2) is 9.45. The Kier molecular flexibility index (Phi) is 6.22. The zero-order chi connectivity index (χ0) is 23.7. The Morgan fingerprint density at radius 1 is 1.12 bits per heavy atom. The number of oxime groups is 1. The Hall–Kier alpha value is -3.41. The lowest BCUT2D eigenvalue weighted by atomic mass is 10.0. The van der Waals surface area contributed by atoms with Crippen molar-refractivity contribution in [3.63, 3.8) is 0 Å². The lowest BCUT2D eigenvalue weighted by Gasteiger charge is -2.30. The first-order valence-electron chi connectivity index (χ1n) is 11.1. The number of aliphatic hydroxyl groups excluding tert-OH is 1. The van der Waals surface area contributed by atoms with Gasteiger partial charge in [0.25, 0.3) is 5.91 Å². The number of carbonyl (C=O) groups is 1. The van der Waals surface area contributed by atoms with Crippen molar-refractivity contribution in [2.75, 3.05) is 19.8 Å². The summed E-state index contributed by atoms with van der Waals surface area (Å²) in [5, 5.41) is 16.2. The van der Waals surface area contributed by atoms with E-state index in [2.05, 4.69) is 25.4 Å². The molecule has 0 aliphatic carbocycles. The molecule has 1 fully saturated rings. The highest BCUT2D eigenvalue weighted by Gasteiger charge is 2.35. The van der Waals surface area contributed by atoms with E-state index in [-0.39, 0.29) is 36.5 Å². The number of oxazole rings is 1. The van der Waals surface area contributed by atoms with Gasteiger partial charge in [0.2, 0.25) is 0 Å².